The van der Waals surface area contributed by atoms with Crippen molar-refractivity contribution in [2.24, 2.45) is 0 Å². The highest BCUT2D eigenvalue weighted by molar-refractivity contribution is 5.78. The van der Waals surface area contributed by atoms with Gasteiger partial charge in [-0.1, -0.05) is 12.1 Å². The Morgan fingerprint density at radius 2 is 1.63 bits per heavy atom. The van der Waals surface area contributed by atoms with Gasteiger partial charge in [0.2, 0.25) is 5.91 Å². The van der Waals surface area contributed by atoms with Crippen molar-refractivity contribution in [3.05, 3.63) is 59.7 Å². The van der Waals surface area contributed by atoms with Crippen LogP contribution < -0.4 is 18.9 Å². The second kappa shape index (κ2) is 9.57. The lowest BCUT2D eigenvalue weighted by Crippen LogP contribution is -2.40. The highest BCUT2D eigenvalue weighted by Gasteiger charge is 2.33. The zero-order valence-electron chi connectivity index (χ0n) is 18.1. The third-order valence-electron chi connectivity index (χ3n) is 5.48. The van der Waals surface area contributed by atoms with Gasteiger partial charge in [-0.25, -0.2) is 0 Å². The van der Waals surface area contributed by atoms with Crippen molar-refractivity contribution in [3.63, 3.8) is 0 Å². The van der Waals surface area contributed by atoms with Crippen LogP contribution in [0, 0.1) is 0 Å². The highest BCUT2D eigenvalue weighted by atomic mass is 16.5. The molecular formula is C24H29NO5. The van der Waals surface area contributed by atoms with Gasteiger partial charge in [0, 0.05) is 13.0 Å². The lowest BCUT2D eigenvalue weighted by molar-refractivity contribution is -0.133. The van der Waals surface area contributed by atoms with Crippen molar-refractivity contribution in [3.8, 4) is 23.0 Å². The summed E-state index contributed by atoms with van der Waals surface area (Å²) in [4.78, 5) is 15.0. The van der Waals surface area contributed by atoms with E-state index in [4.69, 9.17) is 18.9 Å². The number of ether oxygens (including phenoxy) is 4. The minimum Gasteiger partial charge on any atom is -0.493 e. The largest absolute Gasteiger partial charge is 0.493 e. The average Bonchev–Trinajstić information content (AvgIpc) is 2.80. The maximum atomic E-state index is 13.1. The Balaban J connectivity index is 2.15. The van der Waals surface area contributed by atoms with E-state index >= 15 is 0 Å². The summed E-state index contributed by atoms with van der Waals surface area (Å²) in [5, 5.41) is 0. The number of hydrogen-bond donors (Lipinski definition) is 0. The molecule has 0 radical (unpaired) electrons. The summed E-state index contributed by atoms with van der Waals surface area (Å²) in [5.74, 6) is 2.70. The summed E-state index contributed by atoms with van der Waals surface area (Å²) in [7, 11) is 6.46. The molecule has 1 aliphatic heterocycles. The molecule has 0 N–H and O–H groups in total. The molecule has 0 fully saturated rings. The number of carbonyl (C=O) groups excluding carboxylic acids is 1. The van der Waals surface area contributed by atoms with Crippen molar-refractivity contribution in [1.82, 2.24) is 4.90 Å². The predicted molar refractivity (Wildman–Crippen MR) is 116 cm³/mol. The molecule has 2 aromatic carbocycles. The zero-order chi connectivity index (χ0) is 21.7. The molecule has 1 atom stereocenters. The predicted octanol–water partition coefficient (Wildman–Crippen LogP) is 4.16. The minimum atomic E-state index is -0.259. The summed E-state index contributed by atoms with van der Waals surface area (Å²) < 4.78 is 21.9. The minimum absolute atomic E-state index is 0.0927. The van der Waals surface area contributed by atoms with Gasteiger partial charge in [0.1, 0.15) is 0 Å². The molecule has 1 heterocycles. The van der Waals surface area contributed by atoms with Crippen LogP contribution in [-0.2, 0) is 11.2 Å². The van der Waals surface area contributed by atoms with Crippen LogP contribution in [0.4, 0.5) is 0 Å². The number of allylic oxidation sites excluding steroid dienone is 1. The quantitative estimate of drug-likeness (QED) is 0.611. The van der Waals surface area contributed by atoms with Gasteiger partial charge < -0.3 is 23.8 Å². The summed E-state index contributed by atoms with van der Waals surface area (Å²) in [5.41, 5.74) is 3.12. The van der Waals surface area contributed by atoms with E-state index in [0.29, 0.717) is 42.4 Å². The number of nitrogens with zero attached hydrogens (tertiary/aromatic N) is 1. The van der Waals surface area contributed by atoms with Crippen LogP contribution >= 0.6 is 0 Å². The molecule has 0 aromatic heterocycles. The molecule has 6 heteroatoms. The van der Waals surface area contributed by atoms with E-state index < -0.39 is 0 Å². The van der Waals surface area contributed by atoms with E-state index in [-0.39, 0.29) is 11.9 Å². The van der Waals surface area contributed by atoms with Gasteiger partial charge >= 0.3 is 0 Å². The summed E-state index contributed by atoms with van der Waals surface area (Å²) in [6, 6.07) is 9.51. The topological polar surface area (TPSA) is 57.2 Å². The van der Waals surface area contributed by atoms with Crippen LogP contribution in [0.25, 0.3) is 0 Å². The van der Waals surface area contributed by atoms with Crippen molar-refractivity contribution in [2.75, 3.05) is 35.0 Å². The Labute approximate surface area is 178 Å². The van der Waals surface area contributed by atoms with Crippen molar-refractivity contribution in [2.45, 2.75) is 25.3 Å². The normalized spacial score (nSPS) is 15.2. The smallest absolute Gasteiger partial charge is 0.223 e. The maximum absolute atomic E-state index is 13.1. The van der Waals surface area contributed by atoms with E-state index in [9.17, 15) is 4.79 Å². The number of benzene rings is 2. The van der Waals surface area contributed by atoms with Gasteiger partial charge in [0.15, 0.2) is 23.0 Å². The molecule has 2 aromatic rings. The fourth-order valence-electron chi connectivity index (χ4n) is 3.97. The van der Waals surface area contributed by atoms with Crippen LogP contribution in [0.1, 0.15) is 35.6 Å². The number of rotatable bonds is 8. The van der Waals surface area contributed by atoms with Gasteiger partial charge in [-0.3, -0.25) is 4.79 Å². The van der Waals surface area contributed by atoms with E-state index in [1.165, 1.54) is 0 Å². The van der Waals surface area contributed by atoms with Crippen LogP contribution in [-0.4, -0.2) is 45.8 Å². The first-order valence-corrected chi connectivity index (χ1v) is 9.95. The molecule has 0 saturated heterocycles. The summed E-state index contributed by atoms with van der Waals surface area (Å²) >= 11 is 0. The Bertz CT molecular complexity index is 924. The van der Waals surface area contributed by atoms with E-state index in [0.717, 1.165) is 23.1 Å². The molecule has 30 heavy (non-hydrogen) atoms. The lowest BCUT2D eigenvalue weighted by Gasteiger charge is -2.38. The molecule has 1 amide bonds. The van der Waals surface area contributed by atoms with Crippen LogP contribution in [0.2, 0.25) is 0 Å². The van der Waals surface area contributed by atoms with Gasteiger partial charge in [0.05, 0.1) is 34.5 Å². The molecule has 0 saturated carbocycles. The first-order valence-electron chi connectivity index (χ1n) is 9.95. The second-order valence-corrected chi connectivity index (χ2v) is 7.09. The molecular weight excluding hydrogens is 382 g/mol. The molecule has 1 unspecified atom stereocenters. The SMILES string of the molecule is C=CCCC(=O)N1CCc2cc(OC)c(OC)cc2C1c1ccc(OC)c(OC)c1. The molecule has 160 valence electrons. The third kappa shape index (κ3) is 4.08. The first kappa shape index (κ1) is 21.6. The lowest BCUT2D eigenvalue weighted by atomic mass is 9.87. The second-order valence-electron chi connectivity index (χ2n) is 7.09. The van der Waals surface area contributed by atoms with Crippen molar-refractivity contribution >= 4 is 5.91 Å². The van der Waals surface area contributed by atoms with Gasteiger partial charge in [-0.15, -0.1) is 6.58 Å². The maximum Gasteiger partial charge on any atom is 0.223 e. The highest BCUT2D eigenvalue weighted by Crippen LogP contribution is 2.43. The van der Waals surface area contributed by atoms with Crippen molar-refractivity contribution < 1.29 is 23.7 Å². The third-order valence-corrected chi connectivity index (χ3v) is 5.48. The van der Waals surface area contributed by atoms with E-state index in [2.05, 4.69) is 6.58 Å². The monoisotopic (exact) mass is 411 g/mol. The van der Waals surface area contributed by atoms with Gasteiger partial charge in [0.25, 0.3) is 0 Å². The summed E-state index contributed by atoms with van der Waals surface area (Å²) in [6.45, 7) is 4.37. The number of amides is 1. The number of hydrogen-bond acceptors (Lipinski definition) is 5. The fourth-order valence-corrected chi connectivity index (χ4v) is 3.97. The van der Waals surface area contributed by atoms with Crippen LogP contribution in [0.15, 0.2) is 43.0 Å². The molecule has 0 spiro atoms. The Morgan fingerprint density at radius 1 is 1.00 bits per heavy atom. The molecule has 0 bridgehead atoms. The Hall–Kier alpha value is -3.15. The van der Waals surface area contributed by atoms with E-state index in [1.807, 2.05) is 35.2 Å². The first-order chi connectivity index (χ1) is 14.6. The standard InChI is InChI=1S/C24H29NO5/c1-6-7-8-23(26)25-12-11-16-13-21(29-4)22(30-5)15-18(16)24(25)17-9-10-19(27-2)20(14-17)28-3/h6,9-10,13-15,24H,1,7-8,11-12H2,2-5H3. The Kier molecular flexibility index (Phi) is 6.87. The molecule has 6 nitrogen and oxygen atoms in total. The molecule has 3 rings (SSSR count). The zero-order valence-corrected chi connectivity index (χ0v) is 18.1. The van der Waals surface area contributed by atoms with Crippen molar-refractivity contribution in [1.29, 1.82) is 0 Å². The van der Waals surface area contributed by atoms with E-state index in [1.54, 1.807) is 34.5 Å². The van der Waals surface area contributed by atoms with Crippen LogP contribution in [0.5, 0.6) is 23.0 Å². The average molecular weight is 411 g/mol. The van der Waals surface area contributed by atoms with Gasteiger partial charge in [-0.05, 0) is 53.8 Å². The van der Waals surface area contributed by atoms with Crippen LogP contribution in [0.3, 0.4) is 0 Å². The number of carbonyl (C=O) groups is 1. The number of fused-ring (bicyclic) bond motifs is 1. The Morgan fingerprint density at radius 3 is 2.27 bits per heavy atom. The molecule has 1 aliphatic rings. The summed E-state index contributed by atoms with van der Waals surface area (Å²) in [6.07, 6.45) is 3.59. The number of methoxy groups -OCH3 is 4. The molecule has 0 aliphatic carbocycles. The van der Waals surface area contributed by atoms with Gasteiger partial charge in [-0.2, -0.15) is 0 Å². The fraction of sp³-hybridized carbons (Fsp3) is 0.375.